The molecule has 2 N–H and O–H groups in total. The molecule has 0 saturated heterocycles. The minimum Gasteiger partial charge on any atom is -0.356 e. The van der Waals surface area contributed by atoms with Crippen molar-refractivity contribution >= 4 is 23.2 Å². The number of nitrogens with zero attached hydrogens (tertiary/aromatic N) is 2. The third kappa shape index (κ3) is 5.58. The Kier molecular flexibility index (Phi) is 7.48. The monoisotopic (exact) mass is 398 g/mol. The molecule has 0 radical (unpaired) electrons. The third-order valence-corrected chi connectivity index (χ3v) is 5.96. The maximum absolute atomic E-state index is 12.5. The van der Waals surface area contributed by atoms with E-state index in [2.05, 4.69) is 63.6 Å². The summed E-state index contributed by atoms with van der Waals surface area (Å²) in [6.07, 6.45) is 2.33. The number of carbonyl (C=O) groups excluding carboxylic acids is 1. The molecule has 5 nitrogen and oxygen atoms in total. The van der Waals surface area contributed by atoms with Crippen molar-refractivity contribution in [3.05, 3.63) is 57.8 Å². The van der Waals surface area contributed by atoms with Crippen LogP contribution in [0.25, 0.3) is 0 Å². The minimum absolute atomic E-state index is 0.241. The van der Waals surface area contributed by atoms with Gasteiger partial charge in [-0.2, -0.15) is 11.3 Å². The number of hydrogen-bond donors (Lipinski definition) is 2. The van der Waals surface area contributed by atoms with Gasteiger partial charge in [-0.3, -0.25) is 9.79 Å². The summed E-state index contributed by atoms with van der Waals surface area (Å²) in [7, 11) is 1.78. The summed E-state index contributed by atoms with van der Waals surface area (Å²) in [4.78, 5) is 18.8. The molecular formula is C22H30N4OS. The summed E-state index contributed by atoms with van der Waals surface area (Å²) < 4.78 is 0. The first-order chi connectivity index (χ1) is 13.7. The van der Waals surface area contributed by atoms with Gasteiger partial charge in [-0.1, -0.05) is 31.2 Å². The highest BCUT2D eigenvalue weighted by molar-refractivity contribution is 7.07. The highest BCUT2D eigenvalue weighted by Crippen LogP contribution is 2.19. The van der Waals surface area contributed by atoms with Gasteiger partial charge in [0.15, 0.2) is 5.96 Å². The number of rotatable bonds is 7. The highest BCUT2D eigenvalue weighted by atomic mass is 32.1. The Morgan fingerprint density at radius 1 is 1.25 bits per heavy atom. The summed E-state index contributed by atoms with van der Waals surface area (Å²) in [5.41, 5.74) is 4.01. The average Bonchev–Trinajstić information content (AvgIpc) is 3.27. The van der Waals surface area contributed by atoms with E-state index >= 15 is 0 Å². The van der Waals surface area contributed by atoms with Crippen LogP contribution in [0.1, 0.15) is 42.4 Å². The van der Waals surface area contributed by atoms with E-state index < -0.39 is 0 Å². The lowest BCUT2D eigenvalue weighted by atomic mass is 9.99. The topological polar surface area (TPSA) is 56.7 Å². The Hall–Kier alpha value is -2.34. The van der Waals surface area contributed by atoms with Crippen molar-refractivity contribution in [1.82, 2.24) is 15.5 Å². The molecule has 1 aromatic heterocycles. The zero-order valence-electron chi connectivity index (χ0n) is 16.8. The number of thiophene rings is 1. The largest absolute Gasteiger partial charge is 0.356 e. The van der Waals surface area contributed by atoms with Crippen LogP contribution in [0.15, 0.2) is 46.1 Å². The first kappa shape index (κ1) is 20.4. The van der Waals surface area contributed by atoms with Gasteiger partial charge in [-0.25, -0.2) is 0 Å². The Bertz CT molecular complexity index is 788. The first-order valence-corrected chi connectivity index (χ1v) is 10.9. The van der Waals surface area contributed by atoms with Gasteiger partial charge in [-0.15, -0.1) is 0 Å². The van der Waals surface area contributed by atoms with Gasteiger partial charge in [0.25, 0.3) is 0 Å². The SMILES string of the molecule is CN=C(NCCCC(=O)N1CCc2ccccc2C1)NCC(C)c1ccsc1. The molecule has 1 unspecified atom stereocenters. The Morgan fingerprint density at radius 3 is 2.82 bits per heavy atom. The molecule has 0 saturated carbocycles. The van der Waals surface area contributed by atoms with E-state index in [1.165, 1.54) is 16.7 Å². The fourth-order valence-corrected chi connectivity index (χ4v) is 4.24. The van der Waals surface area contributed by atoms with Crippen molar-refractivity contribution in [2.45, 2.75) is 38.6 Å². The molecule has 1 aliphatic rings. The van der Waals surface area contributed by atoms with Gasteiger partial charge in [0.2, 0.25) is 5.91 Å². The Labute approximate surface area is 171 Å². The second-order valence-electron chi connectivity index (χ2n) is 7.28. The number of guanidine groups is 1. The first-order valence-electron chi connectivity index (χ1n) is 9.98. The van der Waals surface area contributed by atoms with E-state index in [0.29, 0.717) is 12.3 Å². The second kappa shape index (κ2) is 10.3. The normalized spacial score (nSPS) is 15.1. The summed E-state index contributed by atoms with van der Waals surface area (Å²) in [5, 5.41) is 11.0. The van der Waals surface area contributed by atoms with Crippen LogP contribution in [0.2, 0.25) is 0 Å². The fraction of sp³-hybridized carbons (Fsp3) is 0.455. The molecule has 150 valence electrons. The van der Waals surface area contributed by atoms with Crippen molar-refractivity contribution < 1.29 is 4.79 Å². The van der Waals surface area contributed by atoms with Gasteiger partial charge in [0.05, 0.1) is 0 Å². The van der Waals surface area contributed by atoms with E-state index in [1.807, 2.05) is 4.90 Å². The van der Waals surface area contributed by atoms with Crippen LogP contribution in [0, 0.1) is 0 Å². The van der Waals surface area contributed by atoms with Crippen LogP contribution in [0.4, 0.5) is 0 Å². The van der Waals surface area contributed by atoms with Crippen LogP contribution in [0.5, 0.6) is 0 Å². The lowest BCUT2D eigenvalue weighted by molar-refractivity contribution is -0.132. The average molecular weight is 399 g/mol. The Morgan fingerprint density at radius 2 is 2.07 bits per heavy atom. The maximum atomic E-state index is 12.5. The standard InChI is InChI=1S/C22H30N4OS/c1-17(20-10-13-28-16-20)14-25-22(23-2)24-11-5-8-21(27)26-12-9-18-6-3-4-7-19(18)15-26/h3-4,6-7,10,13,16-17H,5,8-9,11-12,14-15H2,1-2H3,(H2,23,24,25). The van der Waals surface area contributed by atoms with Gasteiger partial charge >= 0.3 is 0 Å². The molecule has 1 aliphatic heterocycles. The number of carbonyl (C=O) groups is 1. The van der Waals surface area contributed by atoms with E-state index in [0.717, 1.165) is 45.0 Å². The van der Waals surface area contributed by atoms with Crippen molar-refractivity contribution in [1.29, 1.82) is 0 Å². The van der Waals surface area contributed by atoms with Gasteiger partial charge in [0.1, 0.15) is 0 Å². The molecule has 2 aromatic rings. The molecule has 28 heavy (non-hydrogen) atoms. The van der Waals surface area contributed by atoms with Gasteiger partial charge in [0, 0.05) is 39.6 Å². The molecule has 0 fully saturated rings. The smallest absolute Gasteiger partial charge is 0.222 e. The number of fused-ring (bicyclic) bond motifs is 1. The predicted octanol–water partition coefficient (Wildman–Crippen LogP) is 3.38. The number of benzene rings is 1. The van der Waals surface area contributed by atoms with Crippen LogP contribution < -0.4 is 10.6 Å². The van der Waals surface area contributed by atoms with Crippen molar-refractivity contribution in [2.24, 2.45) is 4.99 Å². The van der Waals surface area contributed by atoms with E-state index in [1.54, 1.807) is 18.4 Å². The number of amides is 1. The quantitative estimate of drug-likeness (QED) is 0.427. The summed E-state index contributed by atoms with van der Waals surface area (Å²) in [6, 6.07) is 10.6. The maximum Gasteiger partial charge on any atom is 0.222 e. The minimum atomic E-state index is 0.241. The Balaban J connectivity index is 1.35. The zero-order chi connectivity index (χ0) is 19.8. The molecule has 6 heteroatoms. The summed E-state index contributed by atoms with van der Waals surface area (Å²) >= 11 is 1.73. The van der Waals surface area contributed by atoms with Crippen LogP contribution >= 0.6 is 11.3 Å². The van der Waals surface area contributed by atoms with E-state index in [4.69, 9.17) is 0 Å². The molecule has 1 atom stereocenters. The van der Waals surface area contributed by atoms with Gasteiger partial charge < -0.3 is 15.5 Å². The molecule has 1 amide bonds. The number of aliphatic imine (C=N–C) groups is 1. The van der Waals surface area contributed by atoms with Crippen molar-refractivity contribution in [3.63, 3.8) is 0 Å². The predicted molar refractivity (Wildman–Crippen MR) is 117 cm³/mol. The lowest BCUT2D eigenvalue weighted by Gasteiger charge is -2.29. The molecule has 1 aromatic carbocycles. The molecule has 0 aliphatic carbocycles. The second-order valence-corrected chi connectivity index (χ2v) is 8.06. The summed E-state index contributed by atoms with van der Waals surface area (Å²) in [6.45, 7) is 5.35. The van der Waals surface area contributed by atoms with Crippen LogP contribution in [0.3, 0.4) is 0 Å². The van der Waals surface area contributed by atoms with Gasteiger partial charge in [-0.05, 0) is 52.3 Å². The fourth-order valence-electron chi connectivity index (χ4n) is 3.46. The molecular weight excluding hydrogens is 368 g/mol. The summed E-state index contributed by atoms with van der Waals surface area (Å²) in [5.74, 6) is 1.47. The molecule has 3 rings (SSSR count). The van der Waals surface area contributed by atoms with Crippen LogP contribution in [-0.2, 0) is 17.8 Å². The van der Waals surface area contributed by atoms with E-state index in [-0.39, 0.29) is 5.91 Å². The lowest BCUT2D eigenvalue weighted by Crippen LogP contribution is -2.40. The molecule has 2 heterocycles. The third-order valence-electron chi connectivity index (χ3n) is 5.25. The van der Waals surface area contributed by atoms with Crippen LogP contribution in [-0.4, -0.2) is 43.4 Å². The van der Waals surface area contributed by atoms with Crippen molar-refractivity contribution in [2.75, 3.05) is 26.7 Å². The zero-order valence-corrected chi connectivity index (χ0v) is 17.6. The highest BCUT2D eigenvalue weighted by Gasteiger charge is 2.19. The molecule has 0 bridgehead atoms. The number of nitrogens with one attached hydrogen (secondary N) is 2. The number of hydrogen-bond acceptors (Lipinski definition) is 3. The van der Waals surface area contributed by atoms with Crippen molar-refractivity contribution in [3.8, 4) is 0 Å². The molecule has 0 spiro atoms. The van der Waals surface area contributed by atoms with E-state index in [9.17, 15) is 4.79 Å².